The van der Waals surface area contributed by atoms with E-state index in [1.165, 1.54) is 4.90 Å². The van der Waals surface area contributed by atoms with E-state index in [4.69, 9.17) is 0 Å². The lowest BCUT2D eigenvalue weighted by molar-refractivity contribution is -0.130. The number of hydrogen-bond acceptors (Lipinski definition) is 3. The predicted octanol–water partition coefficient (Wildman–Crippen LogP) is 1.62. The maximum atomic E-state index is 12.3. The highest BCUT2D eigenvalue weighted by atomic mass is 16.3. The van der Waals surface area contributed by atoms with Crippen LogP contribution in [0.5, 0.6) is 0 Å². The molecule has 1 unspecified atom stereocenters. The summed E-state index contributed by atoms with van der Waals surface area (Å²) in [5.41, 5.74) is 0.922. The summed E-state index contributed by atoms with van der Waals surface area (Å²) in [7, 11) is 3.34. The number of carbonyl (C=O) groups excluding carboxylic acids is 2. The molecular formula is C18H27N3O3. The zero-order valence-electron chi connectivity index (χ0n) is 14.6. The van der Waals surface area contributed by atoms with E-state index in [0.29, 0.717) is 13.1 Å². The maximum Gasteiger partial charge on any atom is 0.318 e. The summed E-state index contributed by atoms with van der Waals surface area (Å²) in [6.07, 6.45) is 1.00. The van der Waals surface area contributed by atoms with Gasteiger partial charge in [-0.15, -0.1) is 0 Å². The van der Waals surface area contributed by atoms with Crippen molar-refractivity contribution in [1.29, 1.82) is 0 Å². The van der Waals surface area contributed by atoms with Crippen molar-refractivity contribution < 1.29 is 14.7 Å². The number of nitrogens with zero attached hydrogens (tertiary/aromatic N) is 2. The Morgan fingerprint density at radius 3 is 2.33 bits per heavy atom. The van der Waals surface area contributed by atoms with E-state index in [9.17, 15) is 14.7 Å². The Morgan fingerprint density at radius 2 is 1.79 bits per heavy atom. The number of aliphatic hydroxyl groups excluding tert-OH is 1. The average Bonchev–Trinajstić information content (AvgIpc) is 2.61. The van der Waals surface area contributed by atoms with E-state index < -0.39 is 12.1 Å². The summed E-state index contributed by atoms with van der Waals surface area (Å²) in [5, 5.41) is 13.2. The van der Waals surface area contributed by atoms with Gasteiger partial charge in [-0.3, -0.25) is 4.79 Å². The summed E-state index contributed by atoms with van der Waals surface area (Å²) in [6, 6.07) is 8.87. The molecule has 2 atom stereocenters. The minimum absolute atomic E-state index is 0.127. The number of aliphatic hydroxyl groups is 1. The lowest BCUT2D eigenvalue weighted by Gasteiger charge is -2.35. The van der Waals surface area contributed by atoms with E-state index in [2.05, 4.69) is 5.32 Å². The highest BCUT2D eigenvalue weighted by Crippen LogP contribution is 2.30. The highest BCUT2D eigenvalue weighted by Gasteiger charge is 2.29. The molecule has 0 aromatic heterocycles. The first-order valence-corrected chi connectivity index (χ1v) is 8.39. The number of likely N-dealkylation sites (N-methyl/N-ethyl adjacent to an activating group) is 1. The first kappa shape index (κ1) is 18.3. The van der Waals surface area contributed by atoms with Crippen molar-refractivity contribution in [2.45, 2.75) is 31.9 Å². The molecule has 1 heterocycles. The molecule has 0 spiro atoms. The molecule has 1 aromatic carbocycles. The van der Waals surface area contributed by atoms with E-state index in [-0.39, 0.29) is 17.9 Å². The van der Waals surface area contributed by atoms with Gasteiger partial charge >= 0.3 is 6.03 Å². The number of amides is 3. The Balaban J connectivity index is 1.84. The zero-order chi connectivity index (χ0) is 17.7. The molecule has 6 heteroatoms. The molecule has 2 N–H and O–H groups in total. The largest absolute Gasteiger partial charge is 0.388 e. The minimum Gasteiger partial charge on any atom is -0.388 e. The molecule has 1 saturated heterocycles. The topological polar surface area (TPSA) is 72.9 Å². The summed E-state index contributed by atoms with van der Waals surface area (Å²) in [5.74, 6) is 0.0232. The highest BCUT2D eigenvalue weighted by molar-refractivity contribution is 5.86. The zero-order valence-corrected chi connectivity index (χ0v) is 14.6. The lowest BCUT2D eigenvalue weighted by Crippen LogP contribution is -2.51. The number of nitrogens with one attached hydrogen (secondary N) is 1. The van der Waals surface area contributed by atoms with Crippen molar-refractivity contribution in [2.75, 3.05) is 27.2 Å². The van der Waals surface area contributed by atoms with Crippen LogP contribution in [0.1, 0.15) is 31.4 Å². The number of carbonyl (C=O) groups is 2. The van der Waals surface area contributed by atoms with Crippen LogP contribution < -0.4 is 5.32 Å². The fourth-order valence-electron chi connectivity index (χ4n) is 3.07. The second-order valence-corrected chi connectivity index (χ2v) is 6.58. The Morgan fingerprint density at radius 1 is 1.21 bits per heavy atom. The Labute approximate surface area is 143 Å². The molecule has 1 fully saturated rings. The van der Waals surface area contributed by atoms with Gasteiger partial charge in [0.1, 0.15) is 6.04 Å². The predicted molar refractivity (Wildman–Crippen MR) is 92.4 cm³/mol. The Kier molecular flexibility index (Phi) is 6.20. The molecule has 1 aromatic rings. The quantitative estimate of drug-likeness (QED) is 0.879. The number of urea groups is 1. The number of benzene rings is 1. The van der Waals surface area contributed by atoms with Gasteiger partial charge in [-0.2, -0.15) is 0 Å². The lowest BCUT2D eigenvalue weighted by atomic mass is 9.87. The molecular weight excluding hydrogens is 306 g/mol. The Bertz CT molecular complexity index is 554. The van der Waals surface area contributed by atoms with Gasteiger partial charge in [0.05, 0.1) is 6.10 Å². The van der Waals surface area contributed by atoms with Crippen LogP contribution in [0.25, 0.3) is 0 Å². The van der Waals surface area contributed by atoms with Gasteiger partial charge in [0.25, 0.3) is 0 Å². The molecule has 1 aliphatic rings. The molecule has 3 amide bonds. The van der Waals surface area contributed by atoms with Crippen molar-refractivity contribution in [1.82, 2.24) is 15.1 Å². The minimum atomic E-state index is -0.542. The van der Waals surface area contributed by atoms with Crippen LogP contribution in [0.15, 0.2) is 30.3 Å². The second-order valence-electron chi connectivity index (χ2n) is 6.58. The second kappa shape index (κ2) is 8.15. The first-order chi connectivity index (χ1) is 11.4. The van der Waals surface area contributed by atoms with Gasteiger partial charge in [0.15, 0.2) is 0 Å². The molecule has 0 aliphatic carbocycles. The SMILES string of the molecule is C[C@H](NC(=O)N1CCC(C(O)c2ccccc2)CC1)C(=O)N(C)C. The van der Waals surface area contributed by atoms with Crippen molar-refractivity contribution in [3.05, 3.63) is 35.9 Å². The van der Waals surface area contributed by atoms with Gasteiger partial charge in [0.2, 0.25) is 5.91 Å². The van der Waals surface area contributed by atoms with Crippen LogP contribution in [0, 0.1) is 5.92 Å². The molecule has 0 bridgehead atoms. The van der Waals surface area contributed by atoms with Crippen LogP contribution in [0.3, 0.4) is 0 Å². The van der Waals surface area contributed by atoms with Crippen LogP contribution in [-0.4, -0.2) is 60.1 Å². The van der Waals surface area contributed by atoms with Crippen LogP contribution >= 0.6 is 0 Å². The van der Waals surface area contributed by atoms with Crippen molar-refractivity contribution in [3.8, 4) is 0 Å². The fraction of sp³-hybridized carbons (Fsp3) is 0.556. The van der Waals surface area contributed by atoms with E-state index in [1.54, 1.807) is 25.9 Å². The third kappa shape index (κ3) is 4.47. The number of likely N-dealkylation sites (tertiary alicyclic amines) is 1. The van der Waals surface area contributed by atoms with E-state index in [0.717, 1.165) is 18.4 Å². The number of rotatable bonds is 4. The maximum absolute atomic E-state index is 12.3. The average molecular weight is 333 g/mol. The smallest absolute Gasteiger partial charge is 0.318 e. The normalized spacial score (nSPS) is 17.9. The fourth-order valence-corrected chi connectivity index (χ4v) is 3.07. The van der Waals surface area contributed by atoms with Crippen LogP contribution in [-0.2, 0) is 4.79 Å². The van der Waals surface area contributed by atoms with Crippen molar-refractivity contribution in [2.24, 2.45) is 5.92 Å². The van der Waals surface area contributed by atoms with Gasteiger partial charge < -0.3 is 20.2 Å². The number of hydrogen-bond donors (Lipinski definition) is 2. The van der Waals surface area contributed by atoms with Crippen molar-refractivity contribution in [3.63, 3.8) is 0 Å². The molecule has 24 heavy (non-hydrogen) atoms. The van der Waals surface area contributed by atoms with E-state index >= 15 is 0 Å². The number of piperidine rings is 1. The van der Waals surface area contributed by atoms with Crippen LogP contribution in [0.2, 0.25) is 0 Å². The summed E-state index contributed by atoms with van der Waals surface area (Å²) in [4.78, 5) is 27.3. The summed E-state index contributed by atoms with van der Waals surface area (Å²) >= 11 is 0. The molecule has 0 saturated carbocycles. The van der Waals surface area contributed by atoms with Gasteiger partial charge in [-0.25, -0.2) is 4.79 Å². The first-order valence-electron chi connectivity index (χ1n) is 8.39. The van der Waals surface area contributed by atoms with Crippen molar-refractivity contribution >= 4 is 11.9 Å². The molecule has 0 radical (unpaired) electrons. The Hall–Kier alpha value is -2.08. The molecule has 6 nitrogen and oxygen atoms in total. The summed E-state index contributed by atoms with van der Waals surface area (Å²) < 4.78 is 0. The third-order valence-electron chi connectivity index (χ3n) is 4.57. The monoisotopic (exact) mass is 333 g/mol. The standard InChI is InChI=1S/C18H27N3O3/c1-13(17(23)20(2)3)19-18(24)21-11-9-15(10-12-21)16(22)14-7-5-4-6-8-14/h4-8,13,15-16,22H,9-12H2,1-3H3,(H,19,24)/t13-,16?/m0/s1. The third-order valence-corrected chi connectivity index (χ3v) is 4.57. The molecule has 2 rings (SSSR count). The van der Waals surface area contributed by atoms with Gasteiger partial charge in [0, 0.05) is 27.2 Å². The van der Waals surface area contributed by atoms with Gasteiger partial charge in [-0.1, -0.05) is 30.3 Å². The van der Waals surface area contributed by atoms with E-state index in [1.807, 2.05) is 30.3 Å². The molecule has 1 aliphatic heterocycles. The molecule has 132 valence electrons. The van der Waals surface area contributed by atoms with Gasteiger partial charge in [-0.05, 0) is 31.2 Å². The van der Waals surface area contributed by atoms with Crippen LogP contribution in [0.4, 0.5) is 4.79 Å². The summed E-state index contributed by atoms with van der Waals surface area (Å²) in [6.45, 7) is 2.86.